The molecular weight excluding hydrogens is 342 g/mol. The number of rotatable bonds is 6. The summed E-state index contributed by atoms with van der Waals surface area (Å²) < 4.78 is 7.67. The molecule has 27 heavy (non-hydrogen) atoms. The van der Waals surface area contributed by atoms with Gasteiger partial charge in [0.1, 0.15) is 17.9 Å². The minimum absolute atomic E-state index is 0.0179. The second-order valence-electron chi connectivity index (χ2n) is 7.53. The Labute approximate surface area is 158 Å². The van der Waals surface area contributed by atoms with Crippen LogP contribution in [0.15, 0.2) is 24.3 Å². The summed E-state index contributed by atoms with van der Waals surface area (Å²) in [6.07, 6.45) is 0. The number of carbonyl (C=O) groups is 1. The Bertz CT molecular complexity index is 972. The van der Waals surface area contributed by atoms with Crippen LogP contribution in [0, 0.1) is 5.41 Å². The molecule has 1 aromatic carbocycles. The molecule has 0 aliphatic carbocycles. The molecule has 3 aromatic rings. The van der Waals surface area contributed by atoms with Crippen LogP contribution < -0.4 is 11.1 Å². The molecule has 3 rings (SSSR count). The SMILES string of the molecule is CCOCc1nc2c(N)nc3ccccc3c2n1CCNC(=O)C(C)(C)C. The highest BCUT2D eigenvalue weighted by Crippen LogP contribution is 2.29. The lowest BCUT2D eigenvalue weighted by molar-refractivity contribution is -0.128. The van der Waals surface area contributed by atoms with Crippen LogP contribution in [-0.4, -0.2) is 33.6 Å². The van der Waals surface area contributed by atoms with E-state index < -0.39 is 5.41 Å². The Balaban J connectivity index is 2.03. The summed E-state index contributed by atoms with van der Waals surface area (Å²) in [5.74, 6) is 1.20. The zero-order chi connectivity index (χ0) is 19.6. The standard InChI is InChI=1S/C20H27N5O2/c1-5-27-12-15-24-16-17(13-8-6-7-9-14(13)23-18(16)21)25(15)11-10-22-19(26)20(2,3)4/h6-9H,5,10-12H2,1-4H3,(H2,21,23)(H,22,26). The quantitative estimate of drug-likeness (QED) is 0.697. The average molecular weight is 369 g/mol. The molecule has 0 spiro atoms. The molecule has 2 heterocycles. The molecule has 1 amide bonds. The predicted octanol–water partition coefficient (Wildman–Crippen LogP) is 2.87. The maximum Gasteiger partial charge on any atom is 0.225 e. The van der Waals surface area contributed by atoms with Gasteiger partial charge in [0, 0.05) is 30.5 Å². The first kappa shape index (κ1) is 19.1. The van der Waals surface area contributed by atoms with E-state index in [-0.39, 0.29) is 5.91 Å². The molecule has 0 saturated heterocycles. The van der Waals surface area contributed by atoms with Crippen LogP contribution in [0.25, 0.3) is 21.9 Å². The van der Waals surface area contributed by atoms with Gasteiger partial charge in [-0.2, -0.15) is 0 Å². The predicted molar refractivity (Wildman–Crippen MR) is 107 cm³/mol. The van der Waals surface area contributed by atoms with E-state index >= 15 is 0 Å². The van der Waals surface area contributed by atoms with E-state index in [4.69, 9.17) is 10.5 Å². The second kappa shape index (κ2) is 7.52. The Morgan fingerprint density at radius 3 is 2.70 bits per heavy atom. The third-order valence-electron chi connectivity index (χ3n) is 4.43. The van der Waals surface area contributed by atoms with E-state index in [1.165, 1.54) is 0 Å². The van der Waals surface area contributed by atoms with Gasteiger partial charge in [-0.1, -0.05) is 39.0 Å². The summed E-state index contributed by atoms with van der Waals surface area (Å²) >= 11 is 0. The Kier molecular flexibility index (Phi) is 5.32. The first-order chi connectivity index (χ1) is 12.8. The summed E-state index contributed by atoms with van der Waals surface area (Å²) in [5.41, 5.74) is 8.17. The monoisotopic (exact) mass is 369 g/mol. The van der Waals surface area contributed by atoms with Crippen molar-refractivity contribution in [1.29, 1.82) is 0 Å². The number of nitrogen functional groups attached to an aromatic ring is 1. The number of hydrogen-bond acceptors (Lipinski definition) is 5. The molecule has 3 N–H and O–H groups in total. The molecule has 0 unspecified atom stereocenters. The lowest BCUT2D eigenvalue weighted by Crippen LogP contribution is -2.36. The molecule has 2 aromatic heterocycles. The number of benzene rings is 1. The molecular formula is C20H27N5O2. The van der Waals surface area contributed by atoms with Crippen LogP contribution in [0.2, 0.25) is 0 Å². The molecule has 0 radical (unpaired) electrons. The van der Waals surface area contributed by atoms with E-state index in [0.29, 0.717) is 37.6 Å². The third-order valence-corrected chi connectivity index (χ3v) is 4.43. The van der Waals surface area contributed by atoms with Gasteiger partial charge in [0.05, 0.1) is 11.0 Å². The van der Waals surface area contributed by atoms with Gasteiger partial charge < -0.3 is 20.4 Å². The number of pyridine rings is 1. The number of amides is 1. The van der Waals surface area contributed by atoms with Gasteiger partial charge in [0.25, 0.3) is 0 Å². The van der Waals surface area contributed by atoms with E-state index in [9.17, 15) is 4.79 Å². The van der Waals surface area contributed by atoms with Gasteiger partial charge >= 0.3 is 0 Å². The molecule has 0 aliphatic rings. The van der Waals surface area contributed by atoms with Crippen LogP contribution >= 0.6 is 0 Å². The van der Waals surface area contributed by atoms with Crippen molar-refractivity contribution in [3.05, 3.63) is 30.1 Å². The normalized spacial score (nSPS) is 12.0. The van der Waals surface area contributed by atoms with E-state index in [0.717, 1.165) is 22.2 Å². The minimum Gasteiger partial charge on any atom is -0.382 e. The lowest BCUT2D eigenvalue weighted by atomic mass is 9.96. The van der Waals surface area contributed by atoms with Crippen LogP contribution in [0.5, 0.6) is 0 Å². The first-order valence-corrected chi connectivity index (χ1v) is 9.22. The highest BCUT2D eigenvalue weighted by molar-refractivity contribution is 6.06. The smallest absolute Gasteiger partial charge is 0.225 e. The van der Waals surface area contributed by atoms with Crippen molar-refractivity contribution in [2.24, 2.45) is 5.41 Å². The van der Waals surface area contributed by atoms with E-state index in [1.807, 2.05) is 52.0 Å². The zero-order valence-corrected chi connectivity index (χ0v) is 16.4. The molecule has 0 saturated carbocycles. The van der Waals surface area contributed by atoms with Crippen molar-refractivity contribution in [2.75, 3.05) is 18.9 Å². The number of hydrogen-bond donors (Lipinski definition) is 2. The molecule has 0 aliphatic heterocycles. The van der Waals surface area contributed by atoms with Gasteiger partial charge in [-0.3, -0.25) is 4.79 Å². The highest BCUT2D eigenvalue weighted by atomic mass is 16.5. The number of imidazole rings is 1. The van der Waals surface area contributed by atoms with E-state index in [1.54, 1.807) is 0 Å². The Morgan fingerprint density at radius 1 is 1.26 bits per heavy atom. The number of para-hydroxylation sites is 1. The summed E-state index contributed by atoms with van der Waals surface area (Å²) in [4.78, 5) is 21.3. The highest BCUT2D eigenvalue weighted by Gasteiger charge is 2.21. The molecule has 0 atom stereocenters. The number of nitrogens with two attached hydrogens (primary N) is 1. The second-order valence-corrected chi connectivity index (χ2v) is 7.53. The van der Waals surface area contributed by atoms with Crippen molar-refractivity contribution < 1.29 is 9.53 Å². The van der Waals surface area contributed by atoms with Crippen molar-refractivity contribution in [2.45, 2.75) is 40.8 Å². The van der Waals surface area contributed by atoms with Gasteiger partial charge in [-0.15, -0.1) is 0 Å². The van der Waals surface area contributed by atoms with Crippen LogP contribution in [0.1, 0.15) is 33.5 Å². The zero-order valence-electron chi connectivity index (χ0n) is 16.4. The molecule has 7 nitrogen and oxygen atoms in total. The van der Waals surface area contributed by atoms with Crippen LogP contribution in [0.4, 0.5) is 5.82 Å². The number of aromatic nitrogens is 3. The van der Waals surface area contributed by atoms with Crippen molar-refractivity contribution in [3.63, 3.8) is 0 Å². The Hall–Kier alpha value is -2.67. The van der Waals surface area contributed by atoms with Gasteiger partial charge in [-0.25, -0.2) is 9.97 Å². The number of carbonyl (C=O) groups excluding carboxylic acids is 1. The number of nitrogens with one attached hydrogen (secondary N) is 1. The summed E-state index contributed by atoms with van der Waals surface area (Å²) in [6.45, 7) is 9.69. The lowest BCUT2D eigenvalue weighted by Gasteiger charge is -2.18. The fraction of sp³-hybridized carbons (Fsp3) is 0.450. The number of ether oxygens (including phenoxy) is 1. The first-order valence-electron chi connectivity index (χ1n) is 9.22. The van der Waals surface area contributed by atoms with Gasteiger partial charge in [0.15, 0.2) is 5.82 Å². The molecule has 0 bridgehead atoms. The molecule has 0 fully saturated rings. The maximum absolute atomic E-state index is 12.2. The Morgan fingerprint density at radius 2 is 2.00 bits per heavy atom. The average Bonchev–Trinajstić information content (AvgIpc) is 2.98. The maximum atomic E-state index is 12.2. The third kappa shape index (κ3) is 3.88. The summed E-state index contributed by atoms with van der Waals surface area (Å²) in [7, 11) is 0. The van der Waals surface area contributed by atoms with Crippen molar-refractivity contribution >= 4 is 33.7 Å². The minimum atomic E-state index is -0.424. The number of nitrogens with zero attached hydrogens (tertiary/aromatic N) is 3. The van der Waals surface area contributed by atoms with E-state index in [2.05, 4.69) is 19.9 Å². The van der Waals surface area contributed by atoms with Crippen molar-refractivity contribution in [3.8, 4) is 0 Å². The van der Waals surface area contributed by atoms with Gasteiger partial charge in [-0.05, 0) is 13.0 Å². The van der Waals surface area contributed by atoms with Crippen LogP contribution in [0.3, 0.4) is 0 Å². The fourth-order valence-electron chi connectivity index (χ4n) is 3.00. The largest absolute Gasteiger partial charge is 0.382 e. The van der Waals surface area contributed by atoms with Crippen LogP contribution in [-0.2, 0) is 22.7 Å². The fourth-order valence-corrected chi connectivity index (χ4v) is 3.00. The molecule has 144 valence electrons. The molecule has 7 heteroatoms. The van der Waals surface area contributed by atoms with Crippen molar-refractivity contribution in [1.82, 2.24) is 19.9 Å². The summed E-state index contributed by atoms with van der Waals surface area (Å²) in [5, 5.41) is 3.98. The van der Waals surface area contributed by atoms with Gasteiger partial charge in [0.2, 0.25) is 5.91 Å². The topological polar surface area (TPSA) is 95.1 Å². The number of anilines is 1. The summed E-state index contributed by atoms with van der Waals surface area (Å²) in [6, 6.07) is 7.86. The number of fused-ring (bicyclic) bond motifs is 3.